The second-order valence-electron chi connectivity index (χ2n) is 9.61. The van der Waals surface area contributed by atoms with Crippen LogP contribution in [0, 0.1) is 0 Å². The normalized spacial score (nSPS) is 18.8. The van der Waals surface area contributed by atoms with Gasteiger partial charge in [0.1, 0.15) is 0 Å². The summed E-state index contributed by atoms with van der Waals surface area (Å²) in [6.07, 6.45) is 1.03. The fourth-order valence-electron chi connectivity index (χ4n) is 5.47. The van der Waals surface area contributed by atoms with Crippen LogP contribution < -0.4 is 10.2 Å². The van der Waals surface area contributed by atoms with E-state index in [1.165, 1.54) is 0 Å². The van der Waals surface area contributed by atoms with E-state index in [-0.39, 0.29) is 17.6 Å². The molecule has 6 rings (SSSR count). The Balaban J connectivity index is 1.56. The van der Waals surface area contributed by atoms with Gasteiger partial charge in [0.25, 0.3) is 5.91 Å². The number of carbonyl (C=O) groups excluding carboxylic acids is 2. The van der Waals surface area contributed by atoms with Crippen molar-refractivity contribution in [3.8, 4) is 0 Å². The topological polar surface area (TPSA) is 49.4 Å². The molecule has 38 heavy (non-hydrogen) atoms. The van der Waals surface area contributed by atoms with Gasteiger partial charge >= 0.3 is 0 Å². The second kappa shape index (κ2) is 10.1. The largest absolute Gasteiger partial charge is 0.357 e. The third kappa shape index (κ3) is 4.51. The van der Waals surface area contributed by atoms with Crippen LogP contribution in [0.25, 0.3) is 0 Å². The fraction of sp³-hybridized carbons (Fsp3) is 0.125. The monoisotopic (exact) mass is 538 g/mol. The zero-order valence-electron chi connectivity index (χ0n) is 20.4. The number of halogens is 2. The minimum Gasteiger partial charge on any atom is -0.357 e. The summed E-state index contributed by atoms with van der Waals surface area (Å²) in [7, 11) is 0. The quantitative estimate of drug-likeness (QED) is 0.286. The maximum absolute atomic E-state index is 14.2. The van der Waals surface area contributed by atoms with Gasteiger partial charge in [0.05, 0.1) is 17.4 Å². The highest BCUT2D eigenvalue weighted by atomic mass is 35.5. The van der Waals surface area contributed by atoms with Gasteiger partial charge in [0.15, 0.2) is 5.78 Å². The Labute approximate surface area is 231 Å². The molecule has 0 saturated carbocycles. The number of nitrogens with zero attached hydrogens (tertiary/aromatic N) is 1. The zero-order chi connectivity index (χ0) is 26.2. The van der Waals surface area contributed by atoms with E-state index in [0.717, 1.165) is 22.5 Å². The highest BCUT2D eigenvalue weighted by Gasteiger charge is 2.41. The molecule has 0 radical (unpaired) electrons. The molecule has 1 aliphatic carbocycles. The number of hydrogen-bond acceptors (Lipinski definition) is 3. The average molecular weight is 539 g/mol. The van der Waals surface area contributed by atoms with Crippen LogP contribution in [0.5, 0.6) is 0 Å². The lowest BCUT2D eigenvalue weighted by molar-refractivity contribution is -0.116. The van der Waals surface area contributed by atoms with Gasteiger partial charge in [-0.05, 0) is 72.0 Å². The molecule has 1 heterocycles. The van der Waals surface area contributed by atoms with Crippen molar-refractivity contribution in [2.24, 2.45) is 0 Å². The van der Waals surface area contributed by atoms with Gasteiger partial charge in [-0.3, -0.25) is 14.5 Å². The van der Waals surface area contributed by atoms with E-state index in [2.05, 4.69) is 17.4 Å². The van der Waals surface area contributed by atoms with E-state index in [0.29, 0.717) is 39.7 Å². The minimum atomic E-state index is -0.634. The number of fused-ring (bicyclic) bond motifs is 1. The number of nitrogens with one attached hydrogen (secondary N) is 1. The van der Waals surface area contributed by atoms with Gasteiger partial charge in [0.2, 0.25) is 0 Å². The Morgan fingerprint density at radius 3 is 2.08 bits per heavy atom. The Hall–Kier alpha value is -3.86. The van der Waals surface area contributed by atoms with Crippen LogP contribution in [0.1, 0.15) is 46.3 Å². The first-order chi connectivity index (χ1) is 18.5. The Bertz CT molecular complexity index is 1550. The summed E-state index contributed by atoms with van der Waals surface area (Å²) < 4.78 is 0. The molecule has 1 N–H and O–H groups in total. The summed E-state index contributed by atoms with van der Waals surface area (Å²) in [5, 5.41) is 4.70. The van der Waals surface area contributed by atoms with Crippen molar-refractivity contribution in [3.63, 3.8) is 0 Å². The number of benzene rings is 4. The van der Waals surface area contributed by atoms with Crippen molar-refractivity contribution in [3.05, 3.63) is 141 Å². The molecule has 2 aliphatic rings. The van der Waals surface area contributed by atoms with Crippen LogP contribution in [-0.4, -0.2) is 11.7 Å². The first kappa shape index (κ1) is 24.5. The maximum atomic E-state index is 14.2. The summed E-state index contributed by atoms with van der Waals surface area (Å²) in [6.45, 7) is 0. The van der Waals surface area contributed by atoms with E-state index in [1.54, 1.807) is 41.3 Å². The number of ketones is 1. The molecule has 0 saturated heterocycles. The average Bonchev–Trinajstić information content (AvgIpc) is 3.09. The molecule has 1 aliphatic heterocycles. The fourth-order valence-corrected chi connectivity index (χ4v) is 5.72. The van der Waals surface area contributed by atoms with Gasteiger partial charge in [-0.2, -0.15) is 0 Å². The van der Waals surface area contributed by atoms with Crippen LogP contribution >= 0.6 is 23.2 Å². The minimum absolute atomic E-state index is 0.0225. The van der Waals surface area contributed by atoms with Gasteiger partial charge < -0.3 is 5.32 Å². The Morgan fingerprint density at radius 2 is 1.37 bits per heavy atom. The van der Waals surface area contributed by atoms with E-state index < -0.39 is 6.04 Å². The lowest BCUT2D eigenvalue weighted by Gasteiger charge is -2.35. The molecular formula is C32H24Cl2N2O2. The van der Waals surface area contributed by atoms with Crippen molar-refractivity contribution in [2.45, 2.75) is 24.8 Å². The molecule has 188 valence electrons. The molecule has 1 amide bonds. The summed E-state index contributed by atoms with van der Waals surface area (Å²) in [5.74, 6) is -0.150. The molecule has 4 nitrogen and oxygen atoms in total. The standard InChI is InChI=1S/C32H24Cl2N2O2/c33-24-14-10-21(11-15-24)31-30-27(18-23(19-29(30)37)20-6-2-1-3-7-20)35-26-8-4-5-9-28(26)36(31)32(38)22-12-16-25(34)17-13-22/h1-17,23,31,35H,18-19H2/t23-,31-/m0/s1. The summed E-state index contributed by atoms with van der Waals surface area (Å²) >= 11 is 12.4. The smallest absolute Gasteiger partial charge is 0.259 e. The summed E-state index contributed by atoms with van der Waals surface area (Å²) in [5.41, 5.74) is 5.36. The number of rotatable bonds is 3. The zero-order valence-corrected chi connectivity index (χ0v) is 21.9. The van der Waals surface area contributed by atoms with E-state index in [9.17, 15) is 9.59 Å². The van der Waals surface area contributed by atoms with Crippen molar-refractivity contribution in [1.82, 2.24) is 0 Å². The van der Waals surface area contributed by atoms with Crippen LogP contribution in [0.15, 0.2) is 114 Å². The number of anilines is 2. The van der Waals surface area contributed by atoms with Crippen LogP contribution in [0.2, 0.25) is 10.0 Å². The molecule has 0 aromatic heterocycles. The predicted molar refractivity (Wildman–Crippen MR) is 153 cm³/mol. The van der Waals surface area contributed by atoms with Gasteiger partial charge in [-0.1, -0.05) is 77.8 Å². The SMILES string of the molecule is O=C1C[C@@H](c2ccccc2)CC2=C1[C@H](c1ccc(Cl)cc1)N(C(=O)c1ccc(Cl)cc1)c1ccccc1N2. The number of amides is 1. The highest BCUT2D eigenvalue weighted by molar-refractivity contribution is 6.31. The molecule has 2 atom stereocenters. The number of para-hydroxylation sites is 2. The number of hydrogen-bond donors (Lipinski definition) is 1. The predicted octanol–water partition coefficient (Wildman–Crippen LogP) is 8.21. The van der Waals surface area contributed by atoms with Crippen LogP contribution in [-0.2, 0) is 4.79 Å². The lowest BCUT2D eigenvalue weighted by Crippen LogP contribution is -2.38. The van der Waals surface area contributed by atoms with Crippen molar-refractivity contribution >= 4 is 46.3 Å². The van der Waals surface area contributed by atoms with Crippen molar-refractivity contribution < 1.29 is 9.59 Å². The number of allylic oxidation sites excluding steroid dienone is 1. The first-order valence-electron chi connectivity index (χ1n) is 12.5. The summed E-state index contributed by atoms with van der Waals surface area (Å²) in [4.78, 5) is 30.0. The van der Waals surface area contributed by atoms with Gasteiger partial charge in [-0.15, -0.1) is 0 Å². The van der Waals surface area contributed by atoms with Crippen LogP contribution in [0.3, 0.4) is 0 Å². The number of carbonyl (C=O) groups is 2. The molecule has 6 heteroatoms. The second-order valence-corrected chi connectivity index (χ2v) is 10.5. The van der Waals surface area contributed by atoms with Gasteiger partial charge in [0, 0.05) is 33.3 Å². The molecule has 0 fully saturated rings. The van der Waals surface area contributed by atoms with E-state index in [1.807, 2.05) is 54.6 Å². The number of Topliss-reactive ketones (excluding diaryl/α,β-unsaturated/α-hetero) is 1. The third-order valence-corrected chi connectivity index (χ3v) is 7.76. The molecule has 4 aromatic carbocycles. The van der Waals surface area contributed by atoms with E-state index in [4.69, 9.17) is 23.2 Å². The van der Waals surface area contributed by atoms with E-state index >= 15 is 0 Å². The van der Waals surface area contributed by atoms with Gasteiger partial charge in [-0.25, -0.2) is 0 Å². The first-order valence-corrected chi connectivity index (χ1v) is 13.3. The maximum Gasteiger partial charge on any atom is 0.259 e. The molecule has 0 bridgehead atoms. The molecule has 0 unspecified atom stereocenters. The van der Waals surface area contributed by atoms with Crippen molar-refractivity contribution in [2.75, 3.05) is 10.2 Å². The summed E-state index contributed by atoms with van der Waals surface area (Å²) in [6, 6.07) is 31.4. The molecular weight excluding hydrogens is 515 g/mol. The highest BCUT2D eigenvalue weighted by Crippen LogP contribution is 2.48. The lowest BCUT2D eigenvalue weighted by atomic mass is 9.78. The van der Waals surface area contributed by atoms with Crippen LogP contribution in [0.4, 0.5) is 11.4 Å². The Morgan fingerprint density at radius 1 is 0.737 bits per heavy atom. The third-order valence-electron chi connectivity index (χ3n) is 7.26. The molecule has 4 aromatic rings. The Kier molecular flexibility index (Phi) is 6.52. The van der Waals surface area contributed by atoms with Crippen molar-refractivity contribution in [1.29, 1.82) is 0 Å². The molecule has 0 spiro atoms.